The first-order chi connectivity index (χ1) is 12.5. The van der Waals surface area contributed by atoms with Crippen molar-refractivity contribution in [3.63, 3.8) is 0 Å². The van der Waals surface area contributed by atoms with Gasteiger partial charge in [0.15, 0.2) is 0 Å². The fourth-order valence-corrected chi connectivity index (χ4v) is 5.31. The van der Waals surface area contributed by atoms with Crippen LogP contribution in [0.3, 0.4) is 0 Å². The van der Waals surface area contributed by atoms with Gasteiger partial charge in [0.1, 0.15) is 0 Å². The minimum Gasteiger partial charge on any atom is -0.336 e. The van der Waals surface area contributed by atoms with Gasteiger partial charge in [-0.2, -0.15) is 0 Å². The first kappa shape index (κ1) is 17.6. The highest BCUT2D eigenvalue weighted by Crippen LogP contribution is 2.42. The van der Waals surface area contributed by atoms with Gasteiger partial charge < -0.3 is 14.8 Å². The van der Waals surface area contributed by atoms with Gasteiger partial charge in [0.25, 0.3) is 5.56 Å². The van der Waals surface area contributed by atoms with Gasteiger partial charge in [-0.25, -0.2) is 4.79 Å². The molecule has 2 aliphatic heterocycles. The first-order valence-electron chi connectivity index (χ1n) is 10.3. The molecule has 5 heteroatoms. The van der Waals surface area contributed by atoms with E-state index in [-0.39, 0.29) is 17.6 Å². The topological polar surface area (TPSA) is 54.3 Å². The highest BCUT2D eigenvalue weighted by atomic mass is 16.2. The number of rotatable bonds is 2. The SMILES string of the molecule is CC(C)NC(=O)N1CC2CC(C1)c1c(C3CCCCC3)ccc(=O)n1C2. The molecular weight excluding hydrogens is 326 g/mol. The van der Waals surface area contributed by atoms with E-state index >= 15 is 0 Å². The van der Waals surface area contributed by atoms with Crippen LogP contribution in [0, 0.1) is 5.92 Å². The Morgan fingerprint density at radius 3 is 2.58 bits per heavy atom. The van der Waals surface area contributed by atoms with Crippen LogP contribution in [0.4, 0.5) is 4.79 Å². The summed E-state index contributed by atoms with van der Waals surface area (Å²) in [6.45, 7) is 6.25. The van der Waals surface area contributed by atoms with Crippen molar-refractivity contribution >= 4 is 6.03 Å². The number of nitrogens with zero attached hydrogens (tertiary/aromatic N) is 2. The Labute approximate surface area is 155 Å². The Morgan fingerprint density at radius 1 is 1.08 bits per heavy atom. The summed E-state index contributed by atoms with van der Waals surface area (Å²) in [5, 5.41) is 3.03. The summed E-state index contributed by atoms with van der Waals surface area (Å²) in [6.07, 6.45) is 7.49. The van der Waals surface area contributed by atoms with Crippen LogP contribution < -0.4 is 10.9 Å². The third-order valence-corrected chi connectivity index (χ3v) is 6.37. The molecule has 1 aliphatic carbocycles. The van der Waals surface area contributed by atoms with Crippen LogP contribution in [0.15, 0.2) is 16.9 Å². The number of carbonyl (C=O) groups excluding carboxylic acids is 1. The number of carbonyl (C=O) groups is 1. The van der Waals surface area contributed by atoms with Gasteiger partial charge in [-0.05, 0) is 50.5 Å². The molecule has 142 valence electrons. The summed E-state index contributed by atoms with van der Waals surface area (Å²) in [4.78, 5) is 27.1. The summed E-state index contributed by atoms with van der Waals surface area (Å²) in [6, 6.07) is 4.06. The molecule has 0 spiro atoms. The maximum absolute atomic E-state index is 12.6. The van der Waals surface area contributed by atoms with Gasteiger partial charge in [-0.1, -0.05) is 25.3 Å². The molecule has 1 N–H and O–H groups in total. The number of piperidine rings is 1. The van der Waals surface area contributed by atoms with Gasteiger partial charge in [-0.15, -0.1) is 0 Å². The van der Waals surface area contributed by atoms with E-state index in [1.165, 1.54) is 43.4 Å². The number of hydrogen-bond acceptors (Lipinski definition) is 2. The zero-order valence-corrected chi connectivity index (χ0v) is 16.0. The van der Waals surface area contributed by atoms with Gasteiger partial charge in [0.2, 0.25) is 0 Å². The van der Waals surface area contributed by atoms with Crippen molar-refractivity contribution < 1.29 is 4.79 Å². The Balaban J connectivity index is 1.66. The Bertz CT molecular complexity index is 733. The largest absolute Gasteiger partial charge is 0.336 e. The Hall–Kier alpha value is -1.78. The summed E-state index contributed by atoms with van der Waals surface area (Å²) >= 11 is 0. The normalized spacial score (nSPS) is 25.9. The van der Waals surface area contributed by atoms with Crippen LogP contribution in [0.2, 0.25) is 0 Å². The standard InChI is InChI=1S/C21H31N3O2/c1-14(2)22-21(26)23-11-15-10-17(13-23)20-18(16-6-4-3-5-7-16)8-9-19(25)24(20)12-15/h8-9,14-17H,3-7,10-13H2,1-2H3,(H,22,26). The molecule has 26 heavy (non-hydrogen) atoms. The number of urea groups is 1. The first-order valence-corrected chi connectivity index (χ1v) is 10.3. The van der Waals surface area contributed by atoms with E-state index in [1.54, 1.807) is 6.07 Å². The lowest BCUT2D eigenvalue weighted by Crippen LogP contribution is -2.53. The smallest absolute Gasteiger partial charge is 0.317 e. The second-order valence-electron chi connectivity index (χ2n) is 8.77. The van der Waals surface area contributed by atoms with Crippen LogP contribution in [-0.2, 0) is 6.54 Å². The van der Waals surface area contributed by atoms with Gasteiger partial charge in [0.05, 0.1) is 0 Å². The number of aromatic nitrogens is 1. The molecule has 2 unspecified atom stereocenters. The second-order valence-corrected chi connectivity index (χ2v) is 8.77. The van der Waals surface area contributed by atoms with Crippen molar-refractivity contribution in [3.05, 3.63) is 33.7 Å². The van der Waals surface area contributed by atoms with Crippen molar-refractivity contribution in [3.8, 4) is 0 Å². The lowest BCUT2D eigenvalue weighted by Gasteiger charge is -2.44. The molecule has 1 saturated heterocycles. The molecule has 2 bridgehead atoms. The average Bonchev–Trinajstić information content (AvgIpc) is 2.62. The maximum Gasteiger partial charge on any atom is 0.317 e. The van der Waals surface area contributed by atoms with Crippen molar-refractivity contribution in [1.29, 1.82) is 0 Å². The van der Waals surface area contributed by atoms with E-state index in [0.29, 0.717) is 17.8 Å². The molecule has 1 aromatic rings. The number of nitrogens with one attached hydrogen (secondary N) is 1. The third kappa shape index (κ3) is 3.28. The van der Waals surface area contributed by atoms with E-state index in [4.69, 9.17) is 0 Å². The molecule has 2 atom stereocenters. The maximum atomic E-state index is 12.6. The number of fused-ring (bicyclic) bond motifs is 4. The lowest BCUT2D eigenvalue weighted by atomic mass is 9.76. The molecule has 5 nitrogen and oxygen atoms in total. The highest BCUT2D eigenvalue weighted by molar-refractivity contribution is 5.74. The zero-order valence-electron chi connectivity index (χ0n) is 16.0. The molecule has 1 aromatic heterocycles. The van der Waals surface area contributed by atoms with Crippen molar-refractivity contribution in [2.75, 3.05) is 13.1 Å². The minimum absolute atomic E-state index is 0.0423. The van der Waals surface area contributed by atoms with Gasteiger partial charge >= 0.3 is 6.03 Å². The third-order valence-electron chi connectivity index (χ3n) is 6.37. The summed E-state index contributed by atoms with van der Waals surface area (Å²) < 4.78 is 2.04. The quantitative estimate of drug-likeness (QED) is 0.881. The van der Waals surface area contributed by atoms with Crippen LogP contribution in [0.25, 0.3) is 0 Å². The number of amides is 2. The van der Waals surface area contributed by atoms with Crippen molar-refractivity contribution in [2.45, 2.75) is 76.8 Å². The van der Waals surface area contributed by atoms with Crippen molar-refractivity contribution in [1.82, 2.24) is 14.8 Å². The van der Waals surface area contributed by atoms with Crippen molar-refractivity contribution in [2.24, 2.45) is 5.92 Å². The summed E-state index contributed by atoms with van der Waals surface area (Å²) in [7, 11) is 0. The highest BCUT2D eigenvalue weighted by Gasteiger charge is 2.38. The zero-order chi connectivity index (χ0) is 18.3. The fourth-order valence-electron chi connectivity index (χ4n) is 5.31. The predicted octanol–water partition coefficient (Wildman–Crippen LogP) is 3.43. The number of pyridine rings is 1. The Kier molecular flexibility index (Phi) is 4.80. The van der Waals surface area contributed by atoms with Crippen LogP contribution in [0.1, 0.15) is 75.5 Å². The van der Waals surface area contributed by atoms with Crippen LogP contribution in [-0.4, -0.2) is 34.6 Å². The summed E-state index contributed by atoms with van der Waals surface area (Å²) in [5.41, 5.74) is 2.76. The summed E-state index contributed by atoms with van der Waals surface area (Å²) in [5.74, 6) is 1.27. The molecular formula is C21H31N3O2. The van der Waals surface area contributed by atoms with Crippen LogP contribution >= 0.6 is 0 Å². The number of likely N-dealkylation sites (tertiary alicyclic amines) is 1. The van der Waals surface area contributed by atoms with Gasteiger partial charge in [0, 0.05) is 43.4 Å². The average molecular weight is 357 g/mol. The molecule has 1 saturated carbocycles. The minimum atomic E-state index is 0.0423. The Morgan fingerprint density at radius 2 is 1.85 bits per heavy atom. The lowest BCUT2D eigenvalue weighted by molar-refractivity contribution is 0.129. The van der Waals surface area contributed by atoms with E-state index in [0.717, 1.165) is 26.1 Å². The fraction of sp³-hybridized carbons (Fsp3) is 0.714. The van der Waals surface area contributed by atoms with E-state index in [9.17, 15) is 9.59 Å². The number of hydrogen-bond donors (Lipinski definition) is 1. The molecule has 4 rings (SSSR count). The molecule has 3 heterocycles. The van der Waals surface area contributed by atoms with E-state index < -0.39 is 0 Å². The molecule has 0 aromatic carbocycles. The molecule has 2 fully saturated rings. The molecule has 3 aliphatic rings. The van der Waals surface area contributed by atoms with E-state index in [2.05, 4.69) is 11.4 Å². The van der Waals surface area contributed by atoms with Gasteiger partial charge in [-0.3, -0.25) is 4.79 Å². The predicted molar refractivity (Wildman–Crippen MR) is 103 cm³/mol. The van der Waals surface area contributed by atoms with E-state index in [1.807, 2.05) is 23.3 Å². The monoisotopic (exact) mass is 357 g/mol. The molecule has 2 amide bonds. The second kappa shape index (κ2) is 7.09. The molecule has 0 radical (unpaired) electrons. The van der Waals surface area contributed by atoms with Crippen LogP contribution in [0.5, 0.6) is 0 Å².